The maximum atomic E-state index is 5.71. The van der Waals surface area contributed by atoms with E-state index in [1.54, 1.807) is 0 Å². The van der Waals surface area contributed by atoms with E-state index in [4.69, 9.17) is 5.73 Å². The van der Waals surface area contributed by atoms with Crippen LogP contribution >= 0.6 is 0 Å². The summed E-state index contributed by atoms with van der Waals surface area (Å²) in [5.74, 6) is 0.975. The first kappa shape index (κ1) is 12.0. The Morgan fingerprint density at radius 1 is 1.16 bits per heavy atom. The Morgan fingerprint density at radius 3 is 2.74 bits per heavy atom. The minimum absolute atomic E-state index is 0.547. The summed E-state index contributed by atoms with van der Waals surface area (Å²) < 4.78 is 0. The van der Waals surface area contributed by atoms with Gasteiger partial charge in [0.05, 0.1) is 11.4 Å². The molecule has 0 amide bonds. The van der Waals surface area contributed by atoms with Gasteiger partial charge in [0.15, 0.2) is 0 Å². The van der Waals surface area contributed by atoms with E-state index in [2.05, 4.69) is 52.2 Å². The first-order valence-corrected chi connectivity index (χ1v) is 6.52. The third kappa shape index (κ3) is 2.15. The van der Waals surface area contributed by atoms with E-state index in [0.29, 0.717) is 6.54 Å². The highest BCUT2D eigenvalue weighted by Gasteiger charge is 2.21. The van der Waals surface area contributed by atoms with Crippen LogP contribution in [-0.2, 0) is 6.54 Å². The number of anilines is 3. The van der Waals surface area contributed by atoms with Crippen molar-refractivity contribution in [2.45, 2.75) is 6.54 Å². The van der Waals surface area contributed by atoms with Crippen molar-refractivity contribution in [3.05, 3.63) is 48.2 Å². The number of hydrogen-bond donors (Lipinski definition) is 1. The van der Waals surface area contributed by atoms with Crippen LogP contribution in [0.25, 0.3) is 0 Å². The quantitative estimate of drug-likeness (QED) is 0.891. The number of nitrogens with zero attached hydrogens (tertiary/aromatic N) is 3. The third-order valence-corrected chi connectivity index (χ3v) is 3.56. The van der Waals surface area contributed by atoms with Crippen LogP contribution in [-0.4, -0.2) is 25.1 Å². The maximum absolute atomic E-state index is 5.71. The fourth-order valence-corrected chi connectivity index (χ4v) is 2.48. The van der Waals surface area contributed by atoms with Crippen molar-refractivity contribution in [1.82, 2.24) is 4.98 Å². The van der Waals surface area contributed by atoms with E-state index in [1.807, 2.05) is 12.3 Å². The van der Waals surface area contributed by atoms with E-state index >= 15 is 0 Å². The molecule has 0 aliphatic carbocycles. The molecule has 4 heteroatoms. The molecule has 1 aliphatic rings. The van der Waals surface area contributed by atoms with Gasteiger partial charge in [0.1, 0.15) is 5.82 Å². The van der Waals surface area contributed by atoms with Crippen molar-refractivity contribution in [2.75, 3.05) is 29.9 Å². The molecule has 1 aliphatic heterocycles. The van der Waals surface area contributed by atoms with Crippen LogP contribution in [0.2, 0.25) is 0 Å². The number of nitrogens with two attached hydrogens (primary N) is 1. The van der Waals surface area contributed by atoms with Gasteiger partial charge in [-0.1, -0.05) is 12.1 Å². The zero-order chi connectivity index (χ0) is 13.2. The van der Waals surface area contributed by atoms with Crippen LogP contribution in [0, 0.1) is 0 Å². The van der Waals surface area contributed by atoms with Crippen molar-refractivity contribution < 1.29 is 0 Å². The van der Waals surface area contributed by atoms with Crippen LogP contribution in [0.1, 0.15) is 5.56 Å². The summed E-state index contributed by atoms with van der Waals surface area (Å²) in [5.41, 5.74) is 9.27. The van der Waals surface area contributed by atoms with E-state index in [1.165, 1.54) is 11.4 Å². The number of likely N-dealkylation sites (N-methyl/N-ethyl adjacent to an activating group) is 1. The van der Waals surface area contributed by atoms with Gasteiger partial charge in [0.2, 0.25) is 0 Å². The molecule has 0 saturated carbocycles. The van der Waals surface area contributed by atoms with Crippen LogP contribution in [0.5, 0.6) is 0 Å². The molecule has 4 nitrogen and oxygen atoms in total. The SMILES string of the molecule is CN1CCN(c2cc(CN)ccn2)c2ccccc21. The molecule has 1 aromatic heterocycles. The molecular weight excluding hydrogens is 236 g/mol. The minimum atomic E-state index is 0.547. The molecule has 3 rings (SSSR count). The molecule has 0 spiro atoms. The van der Waals surface area contributed by atoms with Gasteiger partial charge in [-0.05, 0) is 29.8 Å². The highest BCUT2D eigenvalue weighted by Crippen LogP contribution is 2.35. The van der Waals surface area contributed by atoms with Gasteiger partial charge >= 0.3 is 0 Å². The second-order valence-corrected chi connectivity index (χ2v) is 4.79. The second-order valence-electron chi connectivity index (χ2n) is 4.79. The summed E-state index contributed by atoms with van der Waals surface area (Å²) in [5, 5.41) is 0. The summed E-state index contributed by atoms with van der Waals surface area (Å²) in [4.78, 5) is 9.02. The summed E-state index contributed by atoms with van der Waals surface area (Å²) in [7, 11) is 2.12. The van der Waals surface area contributed by atoms with E-state index < -0.39 is 0 Å². The minimum Gasteiger partial charge on any atom is -0.371 e. The monoisotopic (exact) mass is 254 g/mol. The lowest BCUT2D eigenvalue weighted by Gasteiger charge is -2.36. The van der Waals surface area contributed by atoms with Crippen LogP contribution in [0.15, 0.2) is 42.6 Å². The molecule has 0 saturated heterocycles. The molecule has 0 atom stereocenters. The number of benzene rings is 1. The number of para-hydroxylation sites is 2. The number of pyridine rings is 1. The molecule has 2 aromatic rings. The Labute approximate surface area is 113 Å². The van der Waals surface area contributed by atoms with E-state index in [-0.39, 0.29) is 0 Å². The van der Waals surface area contributed by atoms with Gasteiger partial charge in [0, 0.05) is 32.9 Å². The summed E-state index contributed by atoms with van der Waals surface area (Å²) in [6, 6.07) is 12.5. The first-order chi connectivity index (χ1) is 9.29. The Balaban J connectivity index is 2.04. The summed E-state index contributed by atoms with van der Waals surface area (Å²) >= 11 is 0. The lowest BCUT2D eigenvalue weighted by Crippen LogP contribution is -2.36. The van der Waals surface area contributed by atoms with Crippen molar-refractivity contribution in [1.29, 1.82) is 0 Å². The van der Waals surface area contributed by atoms with Gasteiger partial charge in [-0.3, -0.25) is 0 Å². The molecule has 2 heterocycles. The van der Waals surface area contributed by atoms with Crippen LogP contribution in [0.4, 0.5) is 17.2 Å². The third-order valence-electron chi connectivity index (χ3n) is 3.56. The van der Waals surface area contributed by atoms with Gasteiger partial charge in [-0.15, -0.1) is 0 Å². The average molecular weight is 254 g/mol. The molecule has 0 unspecified atom stereocenters. The lowest BCUT2D eigenvalue weighted by molar-refractivity contribution is 0.812. The van der Waals surface area contributed by atoms with E-state index in [9.17, 15) is 0 Å². The number of fused-ring (bicyclic) bond motifs is 1. The van der Waals surface area contributed by atoms with Gasteiger partial charge in [-0.25, -0.2) is 4.98 Å². The van der Waals surface area contributed by atoms with Gasteiger partial charge in [0.25, 0.3) is 0 Å². The van der Waals surface area contributed by atoms with Gasteiger partial charge in [-0.2, -0.15) is 0 Å². The highest BCUT2D eigenvalue weighted by atomic mass is 15.3. The predicted octanol–water partition coefficient (Wildman–Crippen LogP) is 2.13. The number of aromatic nitrogens is 1. The molecule has 0 bridgehead atoms. The fourth-order valence-electron chi connectivity index (χ4n) is 2.48. The largest absolute Gasteiger partial charge is 0.371 e. The van der Waals surface area contributed by atoms with Crippen molar-refractivity contribution in [3.63, 3.8) is 0 Å². The molecule has 2 N–H and O–H groups in total. The van der Waals surface area contributed by atoms with Crippen LogP contribution < -0.4 is 15.5 Å². The topological polar surface area (TPSA) is 45.4 Å². The predicted molar refractivity (Wildman–Crippen MR) is 78.8 cm³/mol. The van der Waals surface area contributed by atoms with Crippen molar-refractivity contribution in [3.8, 4) is 0 Å². The van der Waals surface area contributed by atoms with Crippen molar-refractivity contribution in [2.24, 2.45) is 5.73 Å². The average Bonchev–Trinajstić information content (AvgIpc) is 2.48. The molecule has 19 heavy (non-hydrogen) atoms. The lowest BCUT2D eigenvalue weighted by atomic mass is 10.1. The molecular formula is C15H18N4. The molecule has 1 aromatic carbocycles. The Bertz CT molecular complexity index is 582. The maximum Gasteiger partial charge on any atom is 0.133 e. The van der Waals surface area contributed by atoms with E-state index in [0.717, 1.165) is 24.5 Å². The van der Waals surface area contributed by atoms with Gasteiger partial charge < -0.3 is 15.5 Å². The summed E-state index contributed by atoms with van der Waals surface area (Å²) in [6.07, 6.45) is 1.83. The second kappa shape index (κ2) is 4.90. The molecule has 0 fully saturated rings. The summed E-state index contributed by atoms with van der Waals surface area (Å²) in [6.45, 7) is 2.48. The molecule has 0 radical (unpaired) electrons. The van der Waals surface area contributed by atoms with Crippen molar-refractivity contribution >= 4 is 17.2 Å². The Morgan fingerprint density at radius 2 is 1.95 bits per heavy atom. The first-order valence-electron chi connectivity index (χ1n) is 6.52. The fraction of sp³-hybridized carbons (Fsp3) is 0.267. The zero-order valence-corrected chi connectivity index (χ0v) is 11.1. The Kier molecular flexibility index (Phi) is 3.09. The molecule has 98 valence electrons. The standard InChI is InChI=1S/C15H18N4/c1-18-8-9-19(14-5-3-2-4-13(14)18)15-10-12(11-16)6-7-17-15/h2-7,10H,8-9,11,16H2,1H3. The highest BCUT2D eigenvalue weighted by molar-refractivity contribution is 5.78. The smallest absolute Gasteiger partial charge is 0.133 e. The Hall–Kier alpha value is -2.07. The number of hydrogen-bond acceptors (Lipinski definition) is 4. The number of rotatable bonds is 2. The zero-order valence-electron chi connectivity index (χ0n) is 11.1. The normalized spacial score (nSPS) is 14.4. The van der Waals surface area contributed by atoms with Crippen LogP contribution in [0.3, 0.4) is 0 Å².